The largest absolute Gasteiger partial charge is 0.464 e. The summed E-state index contributed by atoms with van der Waals surface area (Å²) >= 11 is 0. The van der Waals surface area contributed by atoms with E-state index in [1.54, 1.807) is 0 Å². The molecular formula is C12H22N6O2. The molecule has 0 atom stereocenters. The summed E-state index contributed by atoms with van der Waals surface area (Å²) in [4.78, 5) is 12.4. The van der Waals surface area contributed by atoms with Crippen molar-refractivity contribution in [1.82, 2.24) is 15.0 Å². The first-order valence-electron chi connectivity index (χ1n) is 6.82. The van der Waals surface area contributed by atoms with Crippen LogP contribution in [0.15, 0.2) is 0 Å². The molecule has 0 aromatic carbocycles. The molecule has 20 heavy (non-hydrogen) atoms. The molecule has 1 aromatic heterocycles. The van der Waals surface area contributed by atoms with E-state index in [-0.39, 0.29) is 17.4 Å². The van der Waals surface area contributed by atoms with Crippen LogP contribution < -0.4 is 21.3 Å². The number of nitrogens with one attached hydrogen (secondary N) is 2. The van der Waals surface area contributed by atoms with Gasteiger partial charge in [0.2, 0.25) is 11.9 Å². The number of nitrogen functional groups attached to an aromatic ring is 1. The van der Waals surface area contributed by atoms with E-state index >= 15 is 0 Å². The number of anilines is 2. The fraction of sp³-hybridized carbons (Fsp3) is 0.750. The van der Waals surface area contributed by atoms with E-state index in [0.29, 0.717) is 12.6 Å². The zero-order chi connectivity index (χ0) is 14.4. The lowest BCUT2D eigenvalue weighted by atomic mass is 9.82. The van der Waals surface area contributed by atoms with Crippen molar-refractivity contribution < 1.29 is 9.47 Å². The highest BCUT2D eigenvalue weighted by Gasteiger charge is 2.27. The summed E-state index contributed by atoms with van der Waals surface area (Å²) < 4.78 is 10.7. The third-order valence-corrected chi connectivity index (χ3v) is 3.39. The maximum absolute atomic E-state index is 5.39. The fourth-order valence-electron chi connectivity index (χ4n) is 2.03. The molecule has 0 aliphatic carbocycles. The zero-order valence-electron chi connectivity index (χ0n) is 12.0. The van der Waals surface area contributed by atoms with Crippen LogP contribution in [0.1, 0.15) is 26.7 Å². The summed E-state index contributed by atoms with van der Waals surface area (Å²) in [5.41, 5.74) is 2.60. The maximum atomic E-state index is 5.39. The van der Waals surface area contributed by atoms with Gasteiger partial charge in [0.15, 0.2) is 0 Å². The van der Waals surface area contributed by atoms with Crippen LogP contribution in [0.3, 0.4) is 0 Å². The Morgan fingerprint density at radius 1 is 1.25 bits per heavy atom. The minimum Gasteiger partial charge on any atom is -0.464 e. The van der Waals surface area contributed by atoms with Crippen LogP contribution in [-0.2, 0) is 4.74 Å². The number of nitrogens with zero attached hydrogens (tertiary/aromatic N) is 3. The van der Waals surface area contributed by atoms with Gasteiger partial charge in [-0.25, -0.2) is 5.84 Å². The standard InChI is InChI=1S/C12H22N6O2/c1-3-20-11-16-9(15-10(17-11)18-13)14-8-12(2)4-6-19-7-5-12/h3-8,13H2,1-2H3,(H2,14,15,16,17,18). The lowest BCUT2D eigenvalue weighted by Gasteiger charge is -2.33. The third kappa shape index (κ3) is 3.91. The predicted octanol–water partition coefficient (Wildman–Crippen LogP) is 0.784. The van der Waals surface area contributed by atoms with Crippen LogP contribution in [0.4, 0.5) is 11.9 Å². The van der Waals surface area contributed by atoms with Crippen molar-refractivity contribution >= 4 is 11.9 Å². The van der Waals surface area contributed by atoms with Crippen LogP contribution in [0, 0.1) is 5.41 Å². The van der Waals surface area contributed by atoms with Gasteiger partial charge in [0.25, 0.3) is 0 Å². The molecule has 0 bridgehead atoms. The minimum atomic E-state index is 0.187. The zero-order valence-corrected chi connectivity index (χ0v) is 12.0. The van der Waals surface area contributed by atoms with Crippen molar-refractivity contribution in [2.24, 2.45) is 11.3 Å². The van der Waals surface area contributed by atoms with Gasteiger partial charge in [-0.15, -0.1) is 0 Å². The Morgan fingerprint density at radius 2 is 1.95 bits per heavy atom. The molecule has 0 unspecified atom stereocenters. The summed E-state index contributed by atoms with van der Waals surface area (Å²) in [6.45, 7) is 6.97. The second-order valence-corrected chi connectivity index (χ2v) is 5.12. The lowest BCUT2D eigenvalue weighted by Crippen LogP contribution is -2.33. The molecule has 1 aliphatic heterocycles. The van der Waals surface area contributed by atoms with Crippen LogP contribution in [-0.4, -0.2) is 41.3 Å². The topological polar surface area (TPSA) is 107 Å². The molecule has 4 N–H and O–H groups in total. The van der Waals surface area contributed by atoms with E-state index in [2.05, 4.69) is 32.6 Å². The van der Waals surface area contributed by atoms with Gasteiger partial charge in [-0.05, 0) is 25.2 Å². The van der Waals surface area contributed by atoms with E-state index in [1.165, 1.54) is 0 Å². The normalized spacial score (nSPS) is 17.6. The highest BCUT2D eigenvalue weighted by atomic mass is 16.5. The van der Waals surface area contributed by atoms with Crippen LogP contribution in [0.2, 0.25) is 0 Å². The third-order valence-electron chi connectivity index (χ3n) is 3.39. The summed E-state index contributed by atoms with van der Waals surface area (Å²) in [5.74, 6) is 6.09. The Labute approximate surface area is 118 Å². The quantitative estimate of drug-likeness (QED) is 0.519. The SMILES string of the molecule is CCOc1nc(NN)nc(NCC2(C)CCOCC2)n1. The van der Waals surface area contributed by atoms with Crippen molar-refractivity contribution in [3.05, 3.63) is 0 Å². The second kappa shape index (κ2) is 6.67. The smallest absolute Gasteiger partial charge is 0.323 e. The molecule has 1 aliphatic rings. The van der Waals surface area contributed by atoms with Crippen LogP contribution in [0.25, 0.3) is 0 Å². The Kier molecular flexibility index (Phi) is 4.91. The molecule has 1 saturated heterocycles. The number of hydrazine groups is 1. The van der Waals surface area contributed by atoms with Crippen LogP contribution in [0.5, 0.6) is 6.01 Å². The van der Waals surface area contributed by atoms with Gasteiger partial charge in [0.1, 0.15) is 0 Å². The van der Waals surface area contributed by atoms with Gasteiger partial charge in [-0.3, -0.25) is 5.43 Å². The first kappa shape index (κ1) is 14.7. The molecule has 2 rings (SSSR count). The molecule has 2 heterocycles. The van der Waals surface area contributed by atoms with Crippen molar-refractivity contribution in [3.63, 3.8) is 0 Å². The minimum absolute atomic E-state index is 0.187. The first-order valence-corrected chi connectivity index (χ1v) is 6.82. The molecule has 0 amide bonds. The average molecular weight is 282 g/mol. The predicted molar refractivity (Wildman–Crippen MR) is 75.5 cm³/mol. The Balaban J connectivity index is 2.02. The fourth-order valence-corrected chi connectivity index (χ4v) is 2.03. The highest BCUT2D eigenvalue weighted by Crippen LogP contribution is 2.29. The average Bonchev–Trinajstić information content (AvgIpc) is 2.46. The monoisotopic (exact) mass is 282 g/mol. The van der Waals surface area contributed by atoms with Gasteiger partial charge < -0.3 is 14.8 Å². The Bertz CT molecular complexity index is 436. The summed E-state index contributed by atoms with van der Waals surface area (Å²) in [7, 11) is 0. The Hall–Kier alpha value is -1.67. The number of hydrogen-bond donors (Lipinski definition) is 3. The Morgan fingerprint density at radius 3 is 2.60 bits per heavy atom. The molecule has 1 fully saturated rings. The molecule has 0 saturated carbocycles. The van der Waals surface area contributed by atoms with Crippen molar-refractivity contribution in [3.8, 4) is 6.01 Å². The van der Waals surface area contributed by atoms with E-state index in [1.807, 2.05) is 6.92 Å². The number of nitrogens with two attached hydrogens (primary N) is 1. The summed E-state index contributed by atoms with van der Waals surface area (Å²) in [5, 5.41) is 3.24. The van der Waals surface area contributed by atoms with Gasteiger partial charge in [-0.1, -0.05) is 6.92 Å². The van der Waals surface area contributed by atoms with Gasteiger partial charge in [-0.2, -0.15) is 15.0 Å². The van der Waals surface area contributed by atoms with E-state index in [0.717, 1.165) is 32.6 Å². The summed E-state index contributed by atoms with van der Waals surface area (Å²) in [6, 6.07) is 0.259. The number of hydrogen-bond acceptors (Lipinski definition) is 8. The van der Waals surface area contributed by atoms with Crippen molar-refractivity contribution in [2.45, 2.75) is 26.7 Å². The first-order chi connectivity index (χ1) is 9.65. The molecule has 1 aromatic rings. The molecule has 8 nitrogen and oxygen atoms in total. The van der Waals surface area contributed by atoms with Gasteiger partial charge in [0, 0.05) is 19.8 Å². The lowest BCUT2D eigenvalue weighted by molar-refractivity contribution is 0.0299. The van der Waals surface area contributed by atoms with Crippen molar-refractivity contribution in [1.29, 1.82) is 0 Å². The number of rotatable bonds is 6. The molecule has 112 valence electrons. The maximum Gasteiger partial charge on any atom is 0.323 e. The van der Waals surface area contributed by atoms with Crippen LogP contribution >= 0.6 is 0 Å². The van der Waals surface area contributed by atoms with E-state index < -0.39 is 0 Å². The van der Waals surface area contributed by atoms with Gasteiger partial charge in [0.05, 0.1) is 6.61 Å². The van der Waals surface area contributed by atoms with Crippen molar-refractivity contribution in [2.75, 3.05) is 37.1 Å². The molecular weight excluding hydrogens is 260 g/mol. The molecule has 0 radical (unpaired) electrons. The number of aromatic nitrogens is 3. The molecule has 8 heteroatoms. The van der Waals surface area contributed by atoms with Gasteiger partial charge >= 0.3 is 6.01 Å². The summed E-state index contributed by atoms with van der Waals surface area (Å²) in [6.07, 6.45) is 2.04. The number of ether oxygens (including phenoxy) is 2. The highest BCUT2D eigenvalue weighted by molar-refractivity contribution is 5.35. The van der Waals surface area contributed by atoms with E-state index in [4.69, 9.17) is 15.3 Å². The molecule has 0 spiro atoms. The van der Waals surface area contributed by atoms with E-state index in [9.17, 15) is 0 Å². The second-order valence-electron chi connectivity index (χ2n) is 5.12.